The summed E-state index contributed by atoms with van der Waals surface area (Å²) in [4.78, 5) is 49.7. The van der Waals surface area contributed by atoms with Crippen molar-refractivity contribution in [2.24, 2.45) is 0 Å². The number of benzene rings is 1. The third kappa shape index (κ3) is 5.59. The SMILES string of the molecule is Cc1ccc(NC(=O)c2ccc(=O)n(CCC(=O)N3CCN(c4ncccn4)CC3)n2)cc1. The molecule has 0 saturated carbocycles. The van der Waals surface area contributed by atoms with E-state index in [9.17, 15) is 14.4 Å². The highest BCUT2D eigenvalue weighted by Gasteiger charge is 2.22. The number of piperazine rings is 1. The first kappa shape index (κ1) is 22.1. The summed E-state index contributed by atoms with van der Waals surface area (Å²) in [6.45, 7) is 4.45. The monoisotopic (exact) mass is 447 g/mol. The van der Waals surface area contributed by atoms with Gasteiger partial charge in [0.25, 0.3) is 11.5 Å². The molecule has 2 amide bonds. The van der Waals surface area contributed by atoms with Gasteiger partial charge in [-0.05, 0) is 31.2 Å². The lowest BCUT2D eigenvalue weighted by Gasteiger charge is -2.34. The maximum absolute atomic E-state index is 12.7. The molecule has 0 bridgehead atoms. The summed E-state index contributed by atoms with van der Waals surface area (Å²) in [5.41, 5.74) is 1.47. The van der Waals surface area contributed by atoms with Gasteiger partial charge in [0.1, 0.15) is 5.69 Å². The van der Waals surface area contributed by atoms with E-state index in [0.717, 1.165) is 10.2 Å². The van der Waals surface area contributed by atoms with Crippen LogP contribution in [0.1, 0.15) is 22.5 Å². The van der Waals surface area contributed by atoms with E-state index in [4.69, 9.17) is 0 Å². The minimum Gasteiger partial charge on any atom is -0.339 e. The van der Waals surface area contributed by atoms with Crippen molar-refractivity contribution in [1.29, 1.82) is 0 Å². The number of aryl methyl sites for hydroxylation is 2. The van der Waals surface area contributed by atoms with Gasteiger partial charge in [-0.2, -0.15) is 5.10 Å². The van der Waals surface area contributed by atoms with Crippen molar-refractivity contribution in [1.82, 2.24) is 24.6 Å². The molecule has 3 aromatic rings. The summed E-state index contributed by atoms with van der Waals surface area (Å²) in [5, 5.41) is 6.91. The van der Waals surface area contributed by atoms with E-state index in [1.807, 2.05) is 24.0 Å². The Hall–Kier alpha value is -4.08. The smallest absolute Gasteiger partial charge is 0.276 e. The molecule has 2 aromatic heterocycles. The molecule has 3 heterocycles. The average Bonchev–Trinajstić information content (AvgIpc) is 2.85. The standard InChI is InChI=1S/C23H25N7O3/c1-17-3-5-18(6-4-17)26-22(33)19-7-8-21(32)30(27-19)12-9-20(31)28-13-15-29(16-14-28)23-24-10-2-11-25-23/h2-8,10-11H,9,12-16H2,1H3,(H,26,33). The third-order valence-corrected chi connectivity index (χ3v) is 5.41. The van der Waals surface area contributed by atoms with Crippen LogP contribution in [0.2, 0.25) is 0 Å². The molecule has 0 unspecified atom stereocenters. The number of nitrogens with one attached hydrogen (secondary N) is 1. The van der Waals surface area contributed by atoms with Crippen molar-refractivity contribution in [2.75, 3.05) is 36.4 Å². The molecule has 1 saturated heterocycles. The lowest BCUT2D eigenvalue weighted by atomic mass is 10.2. The fourth-order valence-corrected chi connectivity index (χ4v) is 3.53. The highest BCUT2D eigenvalue weighted by atomic mass is 16.2. The number of aromatic nitrogens is 4. The van der Waals surface area contributed by atoms with Crippen LogP contribution in [0.25, 0.3) is 0 Å². The van der Waals surface area contributed by atoms with Gasteiger partial charge in [0.15, 0.2) is 0 Å². The van der Waals surface area contributed by atoms with E-state index in [-0.39, 0.29) is 30.1 Å². The maximum atomic E-state index is 12.7. The second-order valence-electron chi connectivity index (χ2n) is 7.77. The van der Waals surface area contributed by atoms with Gasteiger partial charge in [-0.3, -0.25) is 14.4 Å². The normalized spacial score (nSPS) is 13.6. The zero-order valence-electron chi connectivity index (χ0n) is 18.3. The zero-order valence-corrected chi connectivity index (χ0v) is 18.3. The van der Waals surface area contributed by atoms with Crippen LogP contribution in [-0.4, -0.2) is 62.6 Å². The van der Waals surface area contributed by atoms with Crippen LogP contribution in [0, 0.1) is 6.92 Å². The lowest BCUT2D eigenvalue weighted by molar-refractivity contribution is -0.131. The van der Waals surface area contributed by atoms with Gasteiger partial charge in [0, 0.05) is 56.7 Å². The van der Waals surface area contributed by atoms with E-state index in [2.05, 4.69) is 20.4 Å². The van der Waals surface area contributed by atoms with Gasteiger partial charge in [0.05, 0.1) is 6.54 Å². The number of carbonyl (C=O) groups excluding carboxylic acids is 2. The Kier molecular flexibility index (Phi) is 6.72. The van der Waals surface area contributed by atoms with Gasteiger partial charge in [-0.25, -0.2) is 14.6 Å². The molecular formula is C23H25N7O3. The largest absolute Gasteiger partial charge is 0.339 e. The first-order valence-electron chi connectivity index (χ1n) is 10.8. The molecule has 170 valence electrons. The predicted octanol–water partition coefficient (Wildman–Crippen LogP) is 1.33. The minimum atomic E-state index is -0.418. The quantitative estimate of drug-likeness (QED) is 0.606. The van der Waals surface area contributed by atoms with Gasteiger partial charge < -0.3 is 15.1 Å². The van der Waals surface area contributed by atoms with Gasteiger partial charge >= 0.3 is 0 Å². The zero-order chi connectivity index (χ0) is 23.2. The summed E-state index contributed by atoms with van der Waals surface area (Å²) in [5.74, 6) is 0.172. The Bertz CT molecular complexity index is 1170. The molecule has 0 aliphatic carbocycles. The fourth-order valence-electron chi connectivity index (χ4n) is 3.53. The van der Waals surface area contributed by atoms with E-state index in [0.29, 0.717) is 37.8 Å². The van der Waals surface area contributed by atoms with Crippen LogP contribution >= 0.6 is 0 Å². The van der Waals surface area contributed by atoms with Crippen LogP contribution in [0.4, 0.5) is 11.6 Å². The van der Waals surface area contributed by atoms with Crippen LogP contribution < -0.4 is 15.8 Å². The van der Waals surface area contributed by atoms with Gasteiger partial charge in [0.2, 0.25) is 11.9 Å². The molecule has 0 atom stereocenters. The molecule has 4 rings (SSSR count). The van der Waals surface area contributed by atoms with Crippen molar-refractivity contribution >= 4 is 23.5 Å². The second-order valence-corrected chi connectivity index (χ2v) is 7.77. The summed E-state index contributed by atoms with van der Waals surface area (Å²) < 4.78 is 1.16. The van der Waals surface area contributed by atoms with Crippen LogP contribution in [0.15, 0.2) is 59.7 Å². The molecule has 1 aliphatic rings. The number of anilines is 2. The summed E-state index contributed by atoms with van der Waals surface area (Å²) in [6, 6.07) is 11.8. The lowest BCUT2D eigenvalue weighted by Crippen LogP contribution is -2.49. The van der Waals surface area contributed by atoms with E-state index in [1.54, 1.807) is 35.5 Å². The van der Waals surface area contributed by atoms with E-state index < -0.39 is 5.91 Å². The predicted molar refractivity (Wildman–Crippen MR) is 123 cm³/mol. The number of rotatable bonds is 6. The average molecular weight is 447 g/mol. The minimum absolute atomic E-state index is 0.0631. The number of hydrogen-bond acceptors (Lipinski definition) is 7. The fraction of sp³-hybridized carbons (Fsp3) is 0.304. The molecule has 0 spiro atoms. The number of carbonyl (C=O) groups is 2. The highest BCUT2D eigenvalue weighted by molar-refractivity contribution is 6.02. The Morgan fingerprint density at radius 2 is 1.67 bits per heavy atom. The van der Waals surface area contributed by atoms with Crippen LogP contribution in [-0.2, 0) is 11.3 Å². The van der Waals surface area contributed by atoms with Crippen molar-refractivity contribution in [3.63, 3.8) is 0 Å². The molecule has 1 aromatic carbocycles. The summed E-state index contributed by atoms with van der Waals surface area (Å²) >= 11 is 0. The Balaban J connectivity index is 1.32. The van der Waals surface area contributed by atoms with Gasteiger partial charge in [-0.1, -0.05) is 17.7 Å². The van der Waals surface area contributed by atoms with Crippen LogP contribution in [0.5, 0.6) is 0 Å². The Labute approximate surface area is 190 Å². The summed E-state index contributed by atoms with van der Waals surface area (Å²) in [7, 11) is 0. The molecule has 0 radical (unpaired) electrons. The van der Waals surface area contributed by atoms with Crippen molar-refractivity contribution in [2.45, 2.75) is 19.9 Å². The molecule has 33 heavy (non-hydrogen) atoms. The topological polar surface area (TPSA) is 113 Å². The third-order valence-electron chi connectivity index (χ3n) is 5.41. The Morgan fingerprint density at radius 3 is 2.36 bits per heavy atom. The van der Waals surface area contributed by atoms with Gasteiger partial charge in [-0.15, -0.1) is 0 Å². The summed E-state index contributed by atoms with van der Waals surface area (Å²) in [6.07, 6.45) is 3.51. The maximum Gasteiger partial charge on any atom is 0.276 e. The molecular weight excluding hydrogens is 422 g/mol. The van der Waals surface area contributed by atoms with E-state index >= 15 is 0 Å². The molecule has 1 N–H and O–H groups in total. The van der Waals surface area contributed by atoms with Crippen molar-refractivity contribution < 1.29 is 9.59 Å². The highest BCUT2D eigenvalue weighted by Crippen LogP contribution is 2.11. The van der Waals surface area contributed by atoms with E-state index in [1.165, 1.54) is 12.1 Å². The number of amides is 2. The molecule has 1 aliphatic heterocycles. The van der Waals surface area contributed by atoms with Crippen molar-refractivity contribution in [3.05, 3.63) is 76.5 Å². The Morgan fingerprint density at radius 1 is 0.970 bits per heavy atom. The number of nitrogens with zero attached hydrogens (tertiary/aromatic N) is 6. The molecule has 1 fully saturated rings. The second kappa shape index (κ2) is 10.0. The number of hydrogen-bond donors (Lipinski definition) is 1. The van der Waals surface area contributed by atoms with Crippen molar-refractivity contribution in [3.8, 4) is 0 Å². The van der Waals surface area contributed by atoms with Crippen LogP contribution in [0.3, 0.4) is 0 Å². The first-order chi connectivity index (χ1) is 16.0. The molecule has 10 heteroatoms. The molecule has 10 nitrogen and oxygen atoms in total. The first-order valence-corrected chi connectivity index (χ1v) is 10.8.